The molecule has 4 nitrogen and oxygen atoms in total. The number of carbonyl (C=O) groups excluding carboxylic acids is 1. The molecule has 0 aromatic heterocycles. The molecular formula is C11H22O4S. The van der Waals surface area contributed by atoms with E-state index in [1.165, 1.54) is 0 Å². The standard InChI is InChI=1S/C11H22O4S/c1-4-7-10(11(12)15-5-2)16(13)9-6-8-14-3/h10H,4-9H2,1-3H3. The van der Waals surface area contributed by atoms with Crippen LogP contribution in [0.5, 0.6) is 0 Å². The molecular weight excluding hydrogens is 228 g/mol. The van der Waals surface area contributed by atoms with Crippen LogP contribution in [0.25, 0.3) is 0 Å². The lowest BCUT2D eigenvalue weighted by Crippen LogP contribution is -2.29. The van der Waals surface area contributed by atoms with Gasteiger partial charge in [0, 0.05) is 30.3 Å². The summed E-state index contributed by atoms with van der Waals surface area (Å²) >= 11 is 0. The molecule has 0 radical (unpaired) electrons. The van der Waals surface area contributed by atoms with E-state index in [0.717, 1.165) is 6.42 Å². The second kappa shape index (κ2) is 9.78. The van der Waals surface area contributed by atoms with E-state index < -0.39 is 16.0 Å². The highest BCUT2D eigenvalue weighted by Gasteiger charge is 2.24. The molecule has 0 N–H and O–H groups in total. The van der Waals surface area contributed by atoms with E-state index in [4.69, 9.17) is 9.47 Å². The fourth-order valence-corrected chi connectivity index (χ4v) is 2.81. The predicted molar refractivity (Wildman–Crippen MR) is 64.8 cm³/mol. The van der Waals surface area contributed by atoms with Gasteiger partial charge in [-0.1, -0.05) is 13.3 Å². The number of carbonyl (C=O) groups is 1. The average Bonchev–Trinajstić information content (AvgIpc) is 2.26. The summed E-state index contributed by atoms with van der Waals surface area (Å²) in [6.45, 7) is 4.65. The Morgan fingerprint density at radius 3 is 2.56 bits per heavy atom. The molecule has 0 saturated heterocycles. The third kappa shape index (κ3) is 6.23. The first kappa shape index (κ1) is 15.6. The van der Waals surface area contributed by atoms with E-state index in [1.54, 1.807) is 14.0 Å². The van der Waals surface area contributed by atoms with E-state index in [2.05, 4.69) is 0 Å². The summed E-state index contributed by atoms with van der Waals surface area (Å²) < 4.78 is 21.7. The maximum absolute atomic E-state index is 11.9. The second-order valence-corrected chi connectivity index (χ2v) is 5.20. The van der Waals surface area contributed by atoms with E-state index >= 15 is 0 Å². The van der Waals surface area contributed by atoms with Gasteiger partial charge in [-0.2, -0.15) is 0 Å². The van der Waals surface area contributed by atoms with Gasteiger partial charge in [-0.05, 0) is 19.8 Å². The fraction of sp³-hybridized carbons (Fsp3) is 0.909. The lowest BCUT2D eigenvalue weighted by Gasteiger charge is -2.14. The Hall–Kier alpha value is -0.420. The number of methoxy groups -OCH3 is 1. The molecule has 0 spiro atoms. The quantitative estimate of drug-likeness (QED) is 0.460. The van der Waals surface area contributed by atoms with Crippen molar-refractivity contribution in [3.63, 3.8) is 0 Å². The molecule has 2 unspecified atom stereocenters. The summed E-state index contributed by atoms with van der Waals surface area (Å²) in [6, 6.07) is 0. The Labute approximate surface area is 100 Å². The number of hydrogen-bond acceptors (Lipinski definition) is 4. The van der Waals surface area contributed by atoms with Gasteiger partial charge in [0.1, 0.15) is 5.25 Å². The minimum atomic E-state index is -1.15. The van der Waals surface area contributed by atoms with Gasteiger partial charge >= 0.3 is 5.97 Å². The molecule has 2 atom stereocenters. The zero-order chi connectivity index (χ0) is 12.4. The number of rotatable bonds is 9. The Kier molecular flexibility index (Phi) is 9.52. The molecule has 0 aromatic carbocycles. The van der Waals surface area contributed by atoms with E-state index in [1.807, 2.05) is 6.92 Å². The van der Waals surface area contributed by atoms with Gasteiger partial charge in [-0.15, -0.1) is 0 Å². The third-order valence-corrected chi connectivity index (χ3v) is 3.87. The summed E-state index contributed by atoms with van der Waals surface area (Å²) in [6.07, 6.45) is 2.17. The van der Waals surface area contributed by atoms with Gasteiger partial charge < -0.3 is 9.47 Å². The Morgan fingerprint density at radius 2 is 2.06 bits per heavy atom. The molecule has 0 aromatic rings. The number of ether oxygens (including phenoxy) is 2. The minimum absolute atomic E-state index is 0.333. The normalized spacial score (nSPS) is 14.4. The van der Waals surface area contributed by atoms with E-state index in [9.17, 15) is 9.00 Å². The highest BCUT2D eigenvalue weighted by atomic mass is 32.2. The van der Waals surface area contributed by atoms with Crippen LogP contribution < -0.4 is 0 Å². The van der Waals surface area contributed by atoms with Crippen molar-refractivity contribution in [1.82, 2.24) is 0 Å². The van der Waals surface area contributed by atoms with Gasteiger partial charge in [0.2, 0.25) is 0 Å². The smallest absolute Gasteiger partial charge is 0.321 e. The van der Waals surface area contributed by atoms with Crippen molar-refractivity contribution in [2.45, 2.75) is 38.4 Å². The molecule has 96 valence electrons. The van der Waals surface area contributed by atoms with Crippen LogP contribution in [0.2, 0.25) is 0 Å². The minimum Gasteiger partial charge on any atom is -0.465 e. The Bertz CT molecular complexity index is 218. The van der Waals surface area contributed by atoms with Crippen molar-refractivity contribution >= 4 is 16.8 Å². The lowest BCUT2D eigenvalue weighted by atomic mass is 10.2. The molecule has 0 heterocycles. The van der Waals surface area contributed by atoms with E-state index in [0.29, 0.717) is 31.8 Å². The Morgan fingerprint density at radius 1 is 1.38 bits per heavy atom. The van der Waals surface area contributed by atoms with Crippen LogP contribution in [-0.2, 0) is 25.1 Å². The first-order chi connectivity index (χ1) is 7.67. The molecule has 0 aliphatic heterocycles. The first-order valence-corrected chi connectivity index (χ1v) is 7.08. The lowest BCUT2D eigenvalue weighted by molar-refractivity contribution is -0.142. The van der Waals surface area contributed by atoms with Crippen LogP contribution in [0.4, 0.5) is 0 Å². The maximum atomic E-state index is 11.9. The predicted octanol–water partition coefficient (Wildman–Crippen LogP) is 1.50. The Balaban J connectivity index is 4.17. The van der Waals surface area contributed by atoms with E-state index in [-0.39, 0.29) is 5.97 Å². The number of hydrogen-bond donors (Lipinski definition) is 0. The highest BCUT2D eigenvalue weighted by Crippen LogP contribution is 2.09. The topological polar surface area (TPSA) is 52.6 Å². The monoisotopic (exact) mass is 250 g/mol. The highest BCUT2D eigenvalue weighted by molar-refractivity contribution is 7.86. The summed E-state index contributed by atoms with van der Waals surface area (Å²) in [7, 11) is 0.464. The molecule has 0 fully saturated rings. The number of esters is 1. The molecule has 0 rings (SSSR count). The van der Waals surface area contributed by atoms with Crippen molar-refractivity contribution in [3.05, 3.63) is 0 Å². The molecule has 0 bridgehead atoms. The average molecular weight is 250 g/mol. The van der Waals surface area contributed by atoms with Gasteiger partial charge in [0.15, 0.2) is 0 Å². The summed E-state index contributed by atoms with van der Waals surface area (Å²) in [4.78, 5) is 11.6. The first-order valence-electron chi connectivity index (χ1n) is 5.70. The largest absolute Gasteiger partial charge is 0.465 e. The summed E-state index contributed by atoms with van der Waals surface area (Å²) in [5.74, 6) is 0.164. The maximum Gasteiger partial charge on any atom is 0.321 e. The van der Waals surface area contributed by atoms with Gasteiger partial charge in [-0.3, -0.25) is 9.00 Å². The van der Waals surface area contributed by atoms with Crippen LogP contribution in [0, 0.1) is 0 Å². The van der Waals surface area contributed by atoms with Crippen molar-refractivity contribution < 1.29 is 18.5 Å². The van der Waals surface area contributed by atoms with Gasteiger partial charge in [-0.25, -0.2) is 0 Å². The fourth-order valence-electron chi connectivity index (χ4n) is 1.34. The van der Waals surface area contributed by atoms with Crippen LogP contribution in [0.15, 0.2) is 0 Å². The van der Waals surface area contributed by atoms with Crippen molar-refractivity contribution in [2.75, 3.05) is 26.1 Å². The second-order valence-electron chi connectivity index (χ2n) is 3.46. The molecule has 5 heteroatoms. The molecule has 0 saturated carbocycles. The van der Waals surface area contributed by atoms with Crippen LogP contribution >= 0.6 is 0 Å². The van der Waals surface area contributed by atoms with Crippen LogP contribution in [-0.4, -0.2) is 41.5 Å². The molecule has 16 heavy (non-hydrogen) atoms. The van der Waals surface area contributed by atoms with Crippen LogP contribution in [0.3, 0.4) is 0 Å². The zero-order valence-electron chi connectivity index (χ0n) is 10.4. The molecule has 0 aliphatic rings. The van der Waals surface area contributed by atoms with Crippen LogP contribution in [0.1, 0.15) is 33.1 Å². The van der Waals surface area contributed by atoms with Crippen molar-refractivity contribution in [1.29, 1.82) is 0 Å². The molecule has 0 amide bonds. The van der Waals surface area contributed by atoms with Crippen molar-refractivity contribution in [3.8, 4) is 0 Å². The van der Waals surface area contributed by atoms with Gasteiger partial charge in [0.05, 0.1) is 6.61 Å². The third-order valence-electron chi connectivity index (χ3n) is 2.11. The summed E-state index contributed by atoms with van der Waals surface area (Å²) in [5.41, 5.74) is 0. The van der Waals surface area contributed by atoms with Gasteiger partial charge in [0.25, 0.3) is 0 Å². The zero-order valence-corrected chi connectivity index (χ0v) is 11.2. The SMILES string of the molecule is CCCC(C(=O)OCC)S(=O)CCCOC. The summed E-state index contributed by atoms with van der Waals surface area (Å²) in [5, 5.41) is -0.471. The molecule has 0 aliphatic carbocycles. The van der Waals surface area contributed by atoms with Crippen molar-refractivity contribution in [2.24, 2.45) is 0 Å².